The fourth-order valence-corrected chi connectivity index (χ4v) is 4.31. The standard InChI is InChI=1S/C24H25FN6O4/c25-15-8-6-14(7-9-15)16(13-4-2-1-3-5-13)10-34-11-17-19(32)20(33)23(35-17)31-12-28-18-21(26)29-24(27)30-22(18)31/h1-9,12,16-17,19-20,23,32-33H,10-11H2,(H4,26,27,29,30)/t16?,17-,19-,20-,23-/m1/s1. The van der Waals surface area contributed by atoms with Gasteiger partial charge in [-0.3, -0.25) is 4.57 Å². The summed E-state index contributed by atoms with van der Waals surface area (Å²) < 4.78 is 26.8. The third-order valence-corrected chi connectivity index (χ3v) is 6.12. The maximum Gasteiger partial charge on any atom is 0.224 e. The lowest BCUT2D eigenvalue weighted by atomic mass is 9.92. The van der Waals surface area contributed by atoms with Crippen molar-refractivity contribution in [1.29, 1.82) is 0 Å². The van der Waals surface area contributed by atoms with Crippen molar-refractivity contribution in [1.82, 2.24) is 19.5 Å². The van der Waals surface area contributed by atoms with Crippen molar-refractivity contribution in [2.75, 3.05) is 24.7 Å². The molecule has 11 heteroatoms. The Balaban J connectivity index is 1.30. The van der Waals surface area contributed by atoms with Crippen LogP contribution in [-0.4, -0.2) is 61.3 Å². The summed E-state index contributed by atoms with van der Waals surface area (Å²) in [5, 5.41) is 21.3. The molecule has 5 atom stereocenters. The normalized spacial score (nSPS) is 23.1. The van der Waals surface area contributed by atoms with Gasteiger partial charge in [0, 0.05) is 5.92 Å². The van der Waals surface area contributed by atoms with Crippen LogP contribution in [0, 0.1) is 5.82 Å². The van der Waals surface area contributed by atoms with Crippen molar-refractivity contribution in [3.63, 3.8) is 0 Å². The van der Waals surface area contributed by atoms with Gasteiger partial charge >= 0.3 is 0 Å². The molecule has 5 rings (SSSR count). The second-order valence-electron chi connectivity index (χ2n) is 8.39. The molecule has 0 aliphatic carbocycles. The third-order valence-electron chi connectivity index (χ3n) is 6.12. The molecule has 3 heterocycles. The molecule has 1 aliphatic heterocycles. The third kappa shape index (κ3) is 4.54. The van der Waals surface area contributed by atoms with E-state index in [0.717, 1.165) is 11.1 Å². The average Bonchev–Trinajstić information content (AvgIpc) is 3.39. The van der Waals surface area contributed by atoms with Gasteiger partial charge in [0.15, 0.2) is 17.7 Å². The Bertz CT molecular complexity index is 1300. The lowest BCUT2D eigenvalue weighted by Crippen LogP contribution is -2.34. The van der Waals surface area contributed by atoms with E-state index >= 15 is 0 Å². The van der Waals surface area contributed by atoms with Crippen molar-refractivity contribution in [3.8, 4) is 0 Å². The first-order valence-corrected chi connectivity index (χ1v) is 11.1. The van der Waals surface area contributed by atoms with Gasteiger partial charge in [0.05, 0.1) is 19.5 Å². The highest BCUT2D eigenvalue weighted by molar-refractivity contribution is 5.82. The number of aliphatic hydroxyl groups excluding tert-OH is 2. The minimum atomic E-state index is -1.26. The number of anilines is 2. The van der Waals surface area contributed by atoms with Crippen molar-refractivity contribution in [3.05, 3.63) is 77.9 Å². The molecule has 0 bridgehead atoms. The van der Waals surface area contributed by atoms with Crippen LogP contribution in [0.25, 0.3) is 11.2 Å². The summed E-state index contributed by atoms with van der Waals surface area (Å²) in [7, 11) is 0. The summed E-state index contributed by atoms with van der Waals surface area (Å²) in [6.45, 7) is 0.280. The van der Waals surface area contributed by atoms with Gasteiger partial charge in [-0.1, -0.05) is 42.5 Å². The molecule has 1 unspecified atom stereocenters. The van der Waals surface area contributed by atoms with Gasteiger partial charge in [-0.15, -0.1) is 0 Å². The van der Waals surface area contributed by atoms with Gasteiger partial charge < -0.3 is 31.2 Å². The molecule has 1 fully saturated rings. The van der Waals surface area contributed by atoms with Crippen LogP contribution in [0.15, 0.2) is 60.9 Å². The molecule has 2 aromatic carbocycles. The number of rotatable bonds is 7. The van der Waals surface area contributed by atoms with E-state index in [2.05, 4.69) is 15.0 Å². The molecular weight excluding hydrogens is 455 g/mol. The number of hydrogen-bond donors (Lipinski definition) is 4. The van der Waals surface area contributed by atoms with Crippen LogP contribution in [-0.2, 0) is 9.47 Å². The number of benzene rings is 2. The van der Waals surface area contributed by atoms with Crippen LogP contribution < -0.4 is 11.5 Å². The number of aliphatic hydroxyl groups is 2. The van der Waals surface area contributed by atoms with Gasteiger partial charge in [-0.05, 0) is 23.3 Å². The van der Waals surface area contributed by atoms with E-state index in [-0.39, 0.29) is 42.4 Å². The number of imidazole rings is 1. The molecule has 4 aromatic rings. The molecular formula is C24H25FN6O4. The summed E-state index contributed by atoms with van der Waals surface area (Å²) in [6, 6.07) is 16.0. The van der Waals surface area contributed by atoms with Crippen LogP contribution in [0.3, 0.4) is 0 Å². The maximum absolute atomic E-state index is 13.5. The van der Waals surface area contributed by atoms with E-state index < -0.39 is 24.5 Å². The quantitative estimate of drug-likeness (QED) is 0.309. The van der Waals surface area contributed by atoms with Crippen molar-refractivity contribution in [2.45, 2.75) is 30.5 Å². The molecule has 0 spiro atoms. The topological polar surface area (TPSA) is 155 Å². The smallest absolute Gasteiger partial charge is 0.224 e. The molecule has 0 saturated carbocycles. The Hall–Kier alpha value is -3.64. The number of nitrogens with two attached hydrogens (primary N) is 2. The van der Waals surface area contributed by atoms with Crippen molar-refractivity contribution in [2.24, 2.45) is 0 Å². The zero-order chi connectivity index (χ0) is 24.5. The second kappa shape index (κ2) is 9.55. The van der Waals surface area contributed by atoms with Crippen LogP contribution in [0.5, 0.6) is 0 Å². The lowest BCUT2D eigenvalue weighted by molar-refractivity contribution is -0.0661. The summed E-state index contributed by atoms with van der Waals surface area (Å²) >= 11 is 0. The molecule has 1 aliphatic rings. The number of halogens is 1. The largest absolute Gasteiger partial charge is 0.387 e. The maximum atomic E-state index is 13.5. The van der Waals surface area contributed by atoms with Crippen LogP contribution in [0.2, 0.25) is 0 Å². The summed E-state index contributed by atoms with van der Waals surface area (Å²) in [5.41, 5.74) is 14.1. The zero-order valence-corrected chi connectivity index (χ0v) is 18.6. The SMILES string of the molecule is Nc1nc(N)c2ncn([C@@H]3O[C@H](COCC(c4ccccc4)c4ccc(F)cc4)[C@@H](O)[C@H]3O)c2n1. The van der Waals surface area contributed by atoms with Crippen LogP contribution >= 0.6 is 0 Å². The first-order chi connectivity index (χ1) is 16.9. The van der Waals surface area contributed by atoms with Crippen molar-refractivity contribution >= 4 is 22.9 Å². The summed E-state index contributed by atoms with van der Waals surface area (Å²) in [6.07, 6.45) is -2.86. The van der Waals surface area contributed by atoms with E-state index in [1.165, 1.54) is 23.0 Å². The first kappa shape index (κ1) is 23.1. The van der Waals surface area contributed by atoms with Gasteiger partial charge in [0.2, 0.25) is 5.95 Å². The summed E-state index contributed by atoms with van der Waals surface area (Å²) in [5.74, 6) is -0.412. The molecule has 2 aromatic heterocycles. The average molecular weight is 481 g/mol. The highest BCUT2D eigenvalue weighted by Crippen LogP contribution is 2.33. The van der Waals surface area contributed by atoms with E-state index in [0.29, 0.717) is 5.52 Å². The predicted octanol–water partition coefficient (Wildman–Crippen LogP) is 1.60. The van der Waals surface area contributed by atoms with Crippen molar-refractivity contribution < 1.29 is 24.1 Å². The zero-order valence-electron chi connectivity index (χ0n) is 18.6. The van der Waals surface area contributed by atoms with E-state index in [1.54, 1.807) is 12.1 Å². The highest BCUT2D eigenvalue weighted by Gasteiger charge is 2.44. The number of nitrogens with zero attached hydrogens (tertiary/aromatic N) is 4. The minimum absolute atomic E-state index is 0.0190. The Labute approximate surface area is 200 Å². The second-order valence-corrected chi connectivity index (χ2v) is 8.39. The molecule has 10 nitrogen and oxygen atoms in total. The lowest BCUT2D eigenvalue weighted by Gasteiger charge is -2.21. The molecule has 1 saturated heterocycles. The fourth-order valence-electron chi connectivity index (χ4n) is 4.31. The molecule has 6 N–H and O–H groups in total. The molecule has 182 valence electrons. The number of nitrogen functional groups attached to an aromatic ring is 2. The highest BCUT2D eigenvalue weighted by atomic mass is 19.1. The summed E-state index contributed by atoms with van der Waals surface area (Å²) in [4.78, 5) is 12.2. The van der Waals surface area contributed by atoms with E-state index in [1.807, 2.05) is 30.3 Å². The predicted molar refractivity (Wildman–Crippen MR) is 126 cm³/mol. The number of hydrogen-bond acceptors (Lipinski definition) is 9. The Morgan fingerprint density at radius 1 is 1.00 bits per heavy atom. The van der Waals surface area contributed by atoms with E-state index in [9.17, 15) is 14.6 Å². The first-order valence-electron chi connectivity index (χ1n) is 11.1. The van der Waals surface area contributed by atoms with Gasteiger partial charge in [0.1, 0.15) is 29.6 Å². The van der Waals surface area contributed by atoms with E-state index in [4.69, 9.17) is 20.9 Å². The Morgan fingerprint density at radius 3 is 2.46 bits per heavy atom. The molecule has 35 heavy (non-hydrogen) atoms. The molecule has 0 amide bonds. The monoisotopic (exact) mass is 480 g/mol. The Morgan fingerprint density at radius 2 is 1.71 bits per heavy atom. The molecule has 0 radical (unpaired) electrons. The number of aromatic nitrogens is 4. The minimum Gasteiger partial charge on any atom is -0.387 e. The van der Waals surface area contributed by atoms with Gasteiger partial charge in [-0.25, -0.2) is 9.37 Å². The number of ether oxygens (including phenoxy) is 2. The van der Waals surface area contributed by atoms with Gasteiger partial charge in [-0.2, -0.15) is 9.97 Å². The Kier molecular flexibility index (Phi) is 6.31. The fraction of sp³-hybridized carbons (Fsp3) is 0.292. The van der Waals surface area contributed by atoms with Crippen LogP contribution in [0.4, 0.5) is 16.2 Å². The number of fused-ring (bicyclic) bond motifs is 1. The van der Waals surface area contributed by atoms with Gasteiger partial charge in [0.25, 0.3) is 0 Å². The van der Waals surface area contributed by atoms with Crippen LogP contribution in [0.1, 0.15) is 23.3 Å².